The normalized spacial score (nSPS) is 30.9. The third kappa shape index (κ3) is 3.97. The summed E-state index contributed by atoms with van der Waals surface area (Å²) in [6.07, 6.45) is -27.5. The standard InChI is InChI=1S/C12H5F18NO.Ca.2H/c1-3(32)6(15,9(22,23)24)12(29,30)31-10(25,26)4(13,7(16,17)18)2-5(14,8(19,20)21)11(31,27)28;;;/h2H2,1H3;;;/q;+2;2*-1. The smallest absolute Gasteiger partial charge is 1.00 e. The molecule has 21 heteroatoms. The molecule has 1 aliphatic heterocycles. The molecular formula is C12H7CaF18NO. The third-order valence-electron chi connectivity index (χ3n) is 4.47. The van der Waals surface area contributed by atoms with Gasteiger partial charge in [-0.1, -0.05) is 0 Å². The van der Waals surface area contributed by atoms with Crippen molar-refractivity contribution >= 4 is 43.5 Å². The maximum Gasteiger partial charge on any atom is 2.00 e. The Balaban J connectivity index is -0.00000341. The van der Waals surface area contributed by atoms with Crippen molar-refractivity contribution in [2.45, 2.75) is 67.0 Å². The van der Waals surface area contributed by atoms with Crippen molar-refractivity contribution in [2.75, 3.05) is 0 Å². The van der Waals surface area contributed by atoms with Gasteiger partial charge in [-0.2, -0.15) is 65.9 Å². The maximum absolute atomic E-state index is 14.1. The Bertz CT molecular complexity index is 745. The van der Waals surface area contributed by atoms with Crippen LogP contribution < -0.4 is 0 Å². The van der Waals surface area contributed by atoms with E-state index in [-0.39, 0.29) is 40.6 Å². The largest absolute Gasteiger partial charge is 2.00 e. The molecule has 3 atom stereocenters. The molecule has 0 amide bonds. The molecule has 0 saturated carbocycles. The van der Waals surface area contributed by atoms with E-state index in [9.17, 15) is 83.8 Å². The number of piperidine rings is 1. The predicted molar refractivity (Wildman–Crippen MR) is 69.6 cm³/mol. The summed E-state index contributed by atoms with van der Waals surface area (Å²) in [5.74, 6) is -3.74. The molecule has 1 fully saturated rings. The fourth-order valence-electron chi connectivity index (χ4n) is 2.71. The molecule has 0 aromatic rings. The average Bonchev–Trinajstić information content (AvgIpc) is 2.47. The number of rotatable bonds is 3. The molecule has 1 aliphatic rings. The number of ketones is 1. The van der Waals surface area contributed by atoms with Gasteiger partial charge in [0, 0.05) is 6.42 Å². The monoisotopic (exact) mass is 563 g/mol. The van der Waals surface area contributed by atoms with Gasteiger partial charge in [0.05, 0.1) is 0 Å². The van der Waals surface area contributed by atoms with Gasteiger partial charge in [0.15, 0.2) is 5.78 Å². The summed E-state index contributed by atoms with van der Waals surface area (Å²) in [7, 11) is 0. The topological polar surface area (TPSA) is 20.3 Å². The van der Waals surface area contributed by atoms with Crippen LogP contribution in [0.4, 0.5) is 79.0 Å². The quantitative estimate of drug-likeness (QED) is 0.249. The van der Waals surface area contributed by atoms with Gasteiger partial charge in [0.2, 0.25) is 0 Å². The Morgan fingerprint density at radius 3 is 1.15 bits per heavy atom. The molecule has 0 bridgehead atoms. The van der Waals surface area contributed by atoms with Gasteiger partial charge in [-0.15, -0.1) is 4.90 Å². The number of carbonyl (C=O) groups excluding carboxylic acids is 1. The maximum atomic E-state index is 14.1. The van der Waals surface area contributed by atoms with E-state index >= 15 is 0 Å². The second-order valence-electron chi connectivity index (χ2n) is 6.45. The molecule has 1 saturated heterocycles. The van der Waals surface area contributed by atoms with Crippen molar-refractivity contribution < 1.29 is 86.7 Å². The first-order valence-corrected chi connectivity index (χ1v) is 7.23. The number of halogens is 18. The number of likely N-dealkylation sites (tertiary alicyclic amines) is 1. The van der Waals surface area contributed by atoms with E-state index in [2.05, 4.69) is 0 Å². The predicted octanol–water partition coefficient (Wildman–Crippen LogP) is 5.72. The number of Topliss-reactive ketones (excluding diaryl/α,β-unsaturated/α-hetero) is 1. The first kappa shape index (κ1) is 32.6. The van der Waals surface area contributed by atoms with E-state index in [0.717, 1.165) is 0 Å². The first-order valence-electron chi connectivity index (χ1n) is 7.23. The molecule has 0 aliphatic carbocycles. The summed E-state index contributed by atoms with van der Waals surface area (Å²) in [6, 6.07) is -24.0. The van der Waals surface area contributed by atoms with Crippen LogP contribution in [0, 0.1) is 0 Å². The van der Waals surface area contributed by atoms with Gasteiger partial charge in [-0.3, -0.25) is 4.79 Å². The molecule has 194 valence electrons. The van der Waals surface area contributed by atoms with Crippen LogP contribution in [0.3, 0.4) is 0 Å². The van der Waals surface area contributed by atoms with Crippen molar-refractivity contribution in [3.05, 3.63) is 0 Å². The second kappa shape index (κ2) is 8.07. The van der Waals surface area contributed by atoms with Gasteiger partial charge in [0.25, 0.3) is 11.3 Å². The number of nitrogens with zero attached hydrogens (tertiary/aromatic N) is 1. The van der Waals surface area contributed by atoms with Crippen LogP contribution in [0.2, 0.25) is 0 Å². The summed E-state index contributed by atoms with van der Waals surface area (Å²) in [4.78, 5) is 6.34. The summed E-state index contributed by atoms with van der Waals surface area (Å²) in [5, 5.41) is 0. The van der Waals surface area contributed by atoms with Crippen LogP contribution >= 0.6 is 0 Å². The summed E-state index contributed by atoms with van der Waals surface area (Å²) < 4.78 is 241. The van der Waals surface area contributed by atoms with Gasteiger partial charge in [-0.05, 0) is 6.92 Å². The zero-order valence-electron chi connectivity index (χ0n) is 17.1. The number of hydrogen-bond acceptors (Lipinski definition) is 2. The van der Waals surface area contributed by atoms with E-state index in [1.807, 2.05) is 0 Å². The van der Waals surface area contributed by atoms with Crippen LogP contribution in [0.1, 0.15) is 16.2 Å². The Kier molecular flexibility index (Phi) is 7.98. The first-order chi connectivity index (χ1) is 13.5. The molecule has 0 aromatic heterocycles. The van der Waals surface area contributed by atoms with Gasteiger partial charge >= 0.3 is 80.1 Å². The van der Waals surface area contributed by atoms with Gasteiger partial charge in [-0.25, -0.2) is 13.2 Å². The van der Waals surface area contributed by atoms with Gasteiger partial charge in [0.1, 0.15) is 0 Å². The Labute approximate surface area is 202 Å². The van der Waals surface area contributed by atoms with Crippen molar-refractivity contribution in [3.63, 3.8) is 0 Å². The van der Waals surface area contributed by atoms with Crippen LogP contribution in [0.5, 0.6) is 0 Å². The van der Waals surface area contributed by atoms with E-state index in [0.29, 0.717) is 0 Å². The minimum Gasteiger partial charge on any atom is -1.00 e. The minimum absolute atomic E-state index is 0. The van der Waals surface area contributed by atoms with E-state index in [4.69, 9.17) is 0 Å². The Morgan fingerprint density at radius 2 is 0.970 bits per heavy atom. The molecule has 33 heavy (non-hydrogen) atoms. The Morgan fingerprint density at radius 1 is 0.697 bits per heavy atom. The second-order valence-corrected chi connectivity index (χ2v) is 6.45. The molecule has 0 spiro atoms. The molecule has 0 N–H and O–H groups in total. The van der Waals surface area contributed by atoms with E-state index in [1.54, 1.807) is 0 Å². The zero-order valence-corrected chi connectivity index (χ0v) is 17.3. The summed E-state index contributed by atoms with van der Waals surface area (Å²) in [6.45, 7) is -0.888. The molecule has 0 radical (unpaired) electrons. The fraction of sp³-hybridized carbons (Fsp3) is 0.917. The van der Waals surface area contributed by atoms with Crippen molar-refractivity contribution in [3.8, 4) is 0 Å². The number of carbonyl (C=O) groups is 1. The van der Waals surface area contributed by atoms with Crippen molar-refractivity contribution in [1.29, 1.82) is 0 Å². The molecule has 0 aromatic carbocycles. The summed E-state index contributed by atoms with van der Waals surface area (Å²) in [5.41, 5.74) is -22.2. The summed E-state index contributed by atoms with van der Waals surface area (Å²) >= 11 is 0. The van der Waals surface area contributed by atoms with Gasteiger partial charge < -0.3 is 2.85 Å². The average molecular weight is 563 g/mol. The SMILES string of the molecule is CC(=O)C(F)(C(F)(F)F)C(F)(F)N1C(F)(F)C(F)(C(F)(F)F)CC(F)(C(F)(F)F)C1(F)F.[Ca+2].[H-].[H-]. The third-order valence-corrected chi connectivity index (χ3v) is 4.47. The molecule has 2 nitrogen and oxygen atoms in total. The van der Waals surface area contributed by atoms with Crippen molar-refractivity contribution in [2.24, 2.45) is 0 Å². The number of alkyl halides is 18. The van der Waals surface area contributed by atoms with Crippen LogP contribution in [-0.2, 0) is 4.79 Å². The van der Waals surface area contributed by atoms with Crippen LogP contribution in [0.15, 0.2) is 0 Å². The van der Waals surface area contributed by atoms with Crippen LogP contribution in [-0.4, -0.2) is 102 Å². The molecule has 1 rings (SSSR count). The fourth-order valence-corrected chi connectivity index (χ4v) is 2.71. The minimum atomic E-state index is -8.14. The van der Waals surface area contributed by atoms with Crippen molar-refractivity contribution in [1.82, 2.24) is 4.90 Å². The Hall–Kier alpha value is -0.370. The number of hydrogen-bond donors (Lipinski definition) is 0. The van der Waals surface area contributed by atoms with E-state index < -0.39 is 77.7 Å². The molecule has 1 heterocycles. The zero-order chi connectivity index (χ0) is 26.4. The van der Waals surface area contributed by atoms with Crippen LogP contribution in [0.25, 0.3) is 0 Å². The molecule has 3 unspecified atom stereocenters. The molecular weight excluding hydrogens is 556 g/mol. The van der Waals surface area contributed by atoms with E-state index in [1.165, 1.54) is 0 Å².